The molecule has 0 aliphatic carbocycles. The Morgan fingerprint density at radius 2 is 1.87 bits per heavy atom. The summed E-state index contributed by atoms with van der Waals surface area (Å²) >= 11 is 0.408. The van der Waals surface area contributed by atoms with Gasteiger partial charge in [0.05, 0.1) is 4.92 Å². The van der Waals surface area contributed by atoms with Crippen LogP contribution in [0.5, 0.6) is 0 Å². The van der Waals surface area contributed by atoms with Gasteiger partial charge in [0.25, 0.3) is 17.4 Å². The minimum absolute atomic E-state index is 0.138. The standard InChI is InChI=1S/C15H12F2N2O3S/c1-9-2-3-10(8-13(9)19(21)22)14(20)18-11-4-6-12(7-5-11)23-15(16)17/h2-8,15H,1H3,(H,18,20). The first-order valence-corrected chi connectivity index (χ1v) is 7.36. The van der Waals surface area contributed by atoms with E-state index in [4.69, 9.17) is 0 Å². The highest BCUT2D eigenvalue weighted by atomic mass is 32.2. The van der Waals surface area contributed by atoms with E-state index in [-0.39, 0.29) is 11.3 Å². The molecule has 2 aromatic carbocycles. The zero-order valence-corrected chi connectivity index (χ0v) is 12.8. The van der Waals surface area contributed by atoms with E-state index in [1.165, 1.54) is 42.5 Å². The number of alkyl halides is 2. The van der Waals surface area contributed by atoms with Gasteiger partial charge in [-0.05, 0) is 37.3 Å². The molecule has 120 valence electrons. The fourth-order valence-electron chi connectivity index (χ4n) is 1.87. The van der Waals surface area contributed by atoms with E-state index in [0.29, 0.717) is 27.9 Å². The van der Waals surface area contributed by atoms with Crippen LogP contribution in [0, 0.1) is 17.0 Å². The predicted molar refractivity (Wildman–Crippen MR) is 84.1 cm³/mol. The number of thioether (sulfide) groups is 1. The lowest BCUT2D eigenvalue weighted by Crippen LogP contribution is -2.12. The second-order valence-electron chi connectivity index (χ2n) is 4.62. The van der Waals surface area contributed by atoms with E-state index >= 15 is 0 Å². The van der Waals surface area contributed by atoms with Crippen LogP contribution in [0.1, 0.15) is 15.9 Å². The third-order valence-electron chi connectivity index (χ3n) is 3.01. The number of halogens is 2. The smallest absolute Gasteiger partial charge is 0.288 e. The molecule has 0 aromatic heterocycles. The van der Waals surface area contributed by atoms with Crippen molar-refractivity contribution >= 4 is 29.0 Å². The highest BCUT2D eigenvalue weighted by Gasteiger charge is 2.15. The molecule has 23 heavy (non-hydrogen) atoms. The fraction of sp³-hybridized carbons (Fsp3) is 0.133. The van der Waals surface area contributed by atoms with E-state index in [0.717, 1.165) is 0 Å². The first-order chi connectivity index (χ1) is 10.9. The monoisotopic (exact) mass is 338 g/mol. The van der Waals surface area contributed by atoms with Crippen LogP contribution >= 0.6 is 11.8 Å². The number of carbonyl (C=O) groups excluding carboxylic acids is 1. The maximum Gasteiger partial charge on any atom is 0.288 e. The molecule has 0 radical (unpaired) electrons. The molecule has 1 amide bonds. The number of anilines is 1. The molecule has 5 nitrogen and oxygen atoms in total. The van der Waals surface area contributed by atoms with E-state index in [2.05, 4.69) is 5.32 Å². The molecular weight excluding hydrogens is 326 g/mol. The summed E-state index contributed by atoms with van der Waals surface area (Å²) < 4.78 is 24.5. The molecule has 2 aromatic rings. The maximum absolute atomic E-state index is 12.2. The van der Waals surface area contributed by atoms with Crippen molar-refractivity contribution in [3.63, 3.8) is 0 Å². The highest BCUT2D eigenvalue weighted by Crippen LogP contribution is 2.26. The van der Waals surface area contributed by atoms with Crippen molar-refractivity contribution in [1.29, 1.82) is 0 Å². The van der Waals surface area contributed by atoms with Gasteiger partial charge in [-0.25, -0.2) is 0 Å². The molecule has 0 saturated carbocycles. The normalized spacial score (nSPS) is 10.6. The van der Waals surface area contributed by atoms with Crippen LogP contribution in [0.25, 0.3) is 0 Å². The SMILES string of the molecule is Cc1ccc(C(=O)Nc2ccc(SC(F)F)cc2)cc1[N+](=O)[O-]. The van der Waals surface area contributed by atoms with Gasteiger partial charge in [0, 0.05) is 27.8 Å². The van der Waals surface area contributed by atoms with Gasteiger partial charge < -0.3 is 5.32 Å². The second-order valence-corrected chi connectivity index (χ2v) is 5.68. The lowest BCUT2D eigenvalue weighted by Gasteiger charge is -2.07. The van der Waals surface area contributed by atoms with Crippen molar-refractivity contribution in [3.05, 3.63) is 63.7 Å². The van der Waals surface area contributed by atoms with Crippen molar-refractivity contribution in [3.8, 4) is 0 Å². The van der Waals surface area contributed by atoms with Gasteiger partial charge in [-0.15, -0.1) is 0 Å². The largest absolute Gasteiger partial charge is 0.322 e. The van der Waals surface area contributed by atoms with Gasteiger partial charge in [0.2, 0.25) is 0 Å². The number of amides is 1. The van der Waals surface area contributed by atoms with Crippen molar-refractivity contribution in [1.82, 2.24) is 0 Å². The lowest BCUT2D eigenvalue weighted by molar-refractivity contribution is -0.385. The van der Waals surface area contributed by atoms with E-state index in [1.54, 1.807) is 6.92 Å². The summed E-state index contributed by atoms with van der Waals surface area (Å²) in [5, 5.41) is 13.5. The molecule has 0 aliphatic heterocycles. The van der Waals surface area contributed by atoms with Crippen LogP contribution in [0.4, 0.5) is 20.2 Å². The molecule has 8 heteroatoms. The number of carbonyl (C=O) groups is 1. The average Bonchev–Trinajstić information content (AvgIpc) is 2.48. The Morgan fingerprint density at radius 3 is 2.43 bits per heavy atom. The van der Waals surface area contributed by atoms with Crippen LogP contribution in [-0.4, -0.2) is 16.6 Å². The topological polar surface area (TPSA) is 72.2 Å². The summed E-state index contributed by atoms with van der Waals surface area (Å²) in [6.45, 7) is 1.58. The van der Waals surface area contributed by atoms with Gasteiger partial charge in [-0.2, -0.15) is 8.78 Å². The third kappa shape index (κ3) is 4.49. The van der Waals surface area contributed by atoms with Gasteiger partial charge in [0.15, 0.2) is 0 Å². The minimum atomic E-state index is -2.51. The van der Waals surface area contributed by atoms with Crippen LogP contribution in [0.2, 0.25) is 0 Å². The number of hydrogen-bond acceptors (Lipinski definition) is 4. The number of rotatable bonds is 5. The summed E-state index contributed by atoms with van der Waals surface area (Å²) in [7, 11) is 0. The molecule has 0 spiro atoms. The molecule has 0 saturated heterocycles. The Hall–Kier alpha value is -2.48. The van der Waals surface area contributed by atoms with Crippen LogP contribution in [-0.2, 0) is 0 Å². The van der Waals surface area contributed by atoms with E-state index in [1.807, 2.05) is 0 Å². The number of nitro groups is 1. The number of aryl methyl sites for hydroxylation is 1. The summed E-state index contributed by atoms with van der Waals surface area (Å²) in [6, 6.07) is 10.1. The lowest BCUT2D eigenvalue weighted by atomic mass is 10.1. The molecule has 1 N–H and O–H groups in total. The first-order valence-electron chi connectivity index (χ1n) is 6.48. The number of hydrogen-bond donors (Lipinski definition) is 1. The molecule has 0 bridgehead atoms. The Bertz CT molecular complexity index is 736. The van der Waals surface area contributed by atoms with Crippen LogP contribution in [0.15, 0.2) is 47.4 Å². The molecule has 0 unspecified atom stereocenters. The summed E-state index contributed by atoms with van der Waals surface area (Å²) in [5.74, 6) is -3.02. The van der Waals surface area contributed by atoms with Gasteiger partial charge in [-0.3, -0.25) is 14.9 Å². The number of nitro benzene ring substituents is 1. The predicted octanol–water partition coefficient (Wildman–Crippen LogP) is 4.47. The quantitative estimate of drug-likeness (QED) is 0.496. The summed E-state index contributed by atoms with van der Waals surface area (Å²) in [5.41, 5.74) is 0.881. The summed E-state index contributed by atoms with van der Waals surface area (Å²) in [6.07, 6.45) is 0. The highest BCUT2D eigenvalue weighted by molar-refractivity contribution is 7.99. The summed E-state index contributed by atoms with van der Waals surface area (Å²) in [4.78, 5) is 22.8. The third-order valence-corrected chi connectivity index (χ3v) is 3.73. The molecule has 2 rings (SSSR count). The first kappa shape index (κ1) is 16.9. The number of nitrogens with zero attached hydrogens (tertiary/aromatic N) is 1. The molecular formula is C15H12F2N2O3S. The molecule has 0 aliphatic rings. The Kier molecular flexibility index (Phi) is 5.28. The Morgan fingerprint density at radius 1 is 1.22 bits per heavy atom. The number of benzene rings is 2. The van der Waals surface area contributed by atoms with Crippen molar-refractivity contribution < 1.29 is 18.5 Å². The van der Waals surface area contributed by atoms with Crippen LogP contribution < -0.4 is 5.32 Å². The molecule has 0 heterocycles. The maximum atomic E-state index is 12.2. The zero-order chi connectivity index (χ0) is 17.0. The van der Waals surface area contributed by atoms with E-state index < -0.39 is 16.6 Å². The van der Waals surface area contributed by atoms with Gasteiger partial charge in [0.1, 0.15) is 0 Å². The van der Waals surface area contributed by atoms with Gasteiger partial charge >= 0.3 is 0 Å². The van der Waals surface area contributed by atoms with Gasteiger partial charge in [-0.1, -0.05) is 17.8 Å². The Balaban J connectivity index is 2.13. The number of nitrogens with one attached hydrogen (secondary N) is 1. The molecule has 0 atom stereocenters. The second kappa shape index (κ2) is 7.19. The zero-order valence-electron chi connectivity index (χ0n) is 12.0. The fourth-order valence-corrected chi connectivity index (χ4v) is 2.37. The Labute approximate surface area is 134 Å². The average molecular weight is 338 g/mol. The minimum Gasteiger partial charge on any atom is -0.322 e. The molecule has 0 fully saturated rings. The van der Waals surface area contributed by atoms with E-state index in [9.17, 15) is 23.7 Å². The van der Waals surface area contributed by atoms with Crippen molar-refractivity contribution in [2.75, 3.05) is 5.32 Å². The van der Waals surface area contributed by atoms with Crippen molar-refractivity contribution in [2.45, 2.75) is 17.6 Å². The van der Waals surface area contributed by atoms with Crippen LogP contribution in [0.3, 0.4) is 0 Å². The van der Waals surface area contributed by atoms with Crippen molar-refractivity contribution in [2.24, 2.45) is 0 Å².